The molecule has 0 aliphatic rings. The van der Waals surface area contributed by atoms with E-state index in [0.29, 0.717) is 24.2 Å². The van der Waals surface area contributed by atoms with Crippen molar-refractivity contribution < 1.29 is 18.3 Å². The number of nitrogens with two attached hydrogens (primary N) is 1. The molecule has 0 aliphatic heterocycles. The Labute approximate surface area is 187 Å². The minimum Gasteiger partial charge on any atom is -0.480 e. The molecule has 10 heteroatoms. The van der Waals surface area contributed by atoms with Gasteiger partial charge in [0, 0.05) is 12.1 Å². The van der Waals surface area contributed by atoms with Gasteiger partial charge >= 0.3 is 5.97 Å². The molecular formula is C22H27N5O4S. The highest BCUT2D eigenvalue weighted by molar-refractivity contribution is 7.89. The van der Waals surface area contributed by atoms with Crippen LogP contribution in [0.3, 0.4) is 0 Å². The van der Waals surface area contributed by atoms with Gasteiger partial charge < -0.3 is 10.4 Å². The number of aromatic nitrogens is 3. The molecule has 0 fully saturated rings. The van der Waals surface area contributed by atoms with Crippen molar-refractivity contribution in [3.05, 3.63) is 66.4 Å². The van der Waals surface area contributed by atoms with Crippen molar-refractivity contribution >= 4 is 16.0 Å². The van der Waals surface area contributed by atoms with Gasteiger partial charge in [0.25, 0.3) is 0 Å². The average Bonchev–Trinajstić information content (AvgIpc) is 3.23. The second-order valence-electron chi connectivity index (χ2n) is 7.96. The van der Waals surface area contributed by atoms with Gasteiger partial charge in [-0.25, -0.2) is 18.2 Å². The Kier molecular flexibility index (Phi) is 7.39. The maximum absolute atomic E-state index is 11.6. The van der Waals surface area contributed by atoms with E-state index in [0.717, 1.165) is 5.56 Å². The summed E-state index contributed by atoms with van der Waals surface area (Å²) < 4.78 is 24.6. The largest absolute Gasteiger partial charge is 0.480 e. The topological polar surface area (TPSA) is 140 Å². The molecule has 1 heterocycles. The van der Waals surface area contributed by atoms with Gasteiger partial charge in [-0.15, -0.1) is 5.10 Å². The van der Waals surface area contributed by atoms with E-state index in [1.165, 1.54) is 12.1 Å². The van der Waals surface area contributed by atoms with E-state index in [9.17, 15) is 18.3 Å². The first-order valence-corrected chi connectivity index (χ1v) is 11.7. The van der Waals surface area contributed by atoms with Crippen molar-refractivity contribution in [2.24, 2.45) is 11.1 Å². The summed E-state index contributed by atoms with van der Waals surface area (Å²) in [5, 5.41) is 26.3. The molecule has 1 unspecified atom stereocenters. The molecular weight excluding hydrogens is 430 g/mol. The predicted molar refractivity (Wildman–Crippen MR) is 120 cm³/mol. The van der Waals surface area contributed by atoms with E-state index in [1.807, 2.05) is 44.2 Å². The molecule has 2 aromatic carbocycles. The third kappa shape index (κ3) is 6.00. The zero-order chi connectivity index (χ0) is 23.3. The Morgan fingerprint density at radius 1 is 1.12 bits per heavy atom. The van der Waals surface area contributed by atoms with Crippen LogP contribution >= 0.6 is 0 Å². The first kappa shape index (κ1) is 23.6. The standard InChI is InChI=1S/C22H27N5O4S/c1-15(2)21(22(28)29)24-13-18(12-16-6-4-3-5-7-16)27-14-20(25-26-27)17-8-10-19(11-9-17)32(23,30)31/h3-11,14-15,18,21,24H,12-13H2,1-2H3,(H,28,29)(H2,23,30,31)/t18-,21?/m1/s1. The molecule has 0 saturated heterocycles. The number of carboxylic acids is 1. The maximum atomic E-state index is 11.6. The molecule has 1 aromatic heterocycles. The third-order valence-corrected chi connectivity index (χ3v) is 6.11. The van der Waals surface area contributed by atoms with Crippen LogP contribution in [-0.4, -0.2) is 47.1 Å². The minimum atomic E-state index is -3.77. The Morgan fingerprint density at radius 3 is 2.34 bits per heavy atom. The number of nitrogens with zero attached hydrogens (tertiary/aromatic N) is 3. The molecule has 0 spiro atoms. The van der Waals surface area contributed by atoms with Gasteiger partial charge in [-0.1, -0.05) is 61.5 Å². The highest BCUT2D eigenvalue weighted by Gasteiger charge is 2.23. The summed E-state index contributed by atoms with van der Waals surface area (Å²) >= 11 is 0. The number of hydrogen-bond donors (Lipinski definition) is 3. The lowest BCUT2D eigenvalue weighted by atomic mass is 10.0. The first-order chi connectivity index (χ1) is 15.1. The molecule has 0 saturated carbocycles. The van der Waals surface area contributed by atoms with Gasteiger partial charge in [0.1, 0.15) is 11.7 Å². The van der Waals surface area contributed by atoms with Gasteiger partial charge in [-0.3, -0.25) is 4.79 Å². The molecule has 0 bridgehead atoms. The lowest BCUT2D eigenvalue weighted by molar-refractivity contribution is -0.140. The fraction of sp³-hybridized carbons (Fsp3) is 0.318. The lowest BCUT2D eigenvalue weighted by Gasteiger charge is -2.23. The van der Waals surface area contributed by atoms with Gasteiger partial charge in [0.05, 0.1) is 17.1 Å². The van der Waals surface area contributed by atoms with Crippen LogP contribution in [0.4, 0.5) is 0 Å². The Balaban J connectivity index is 1.84. The molecule has 0 radical (unpaired) electrons. The second kappa shape index (κ2) is 10.0. The molecule has 2 atom stereocenters. The molecule has 3 aromatic rings. The number of benzene rings is 2. The monoisotopic (exact) mass is 457 g/mol. The minimum absolute atomic E-state index is 0.0215. The van der Waals surface area contributed by atoms with E-state index in [-0.39, 0.29) is 16.9 Å². The number of nitrogens with one attached hydrogen (secondary N) is 1. The summed E-state index contributed by atoms with van der Waals surface area (Å²) in [6.45, 7) is 4.10. The van der Waals surface area contributed by atoms with Crippen molar-refractivity contribution in [1.82, 2.24) is 20.3 Å². The number of carbonyl (C=O) groups is 1. The van der Waals surface area contributed by atoms with Crippen molar-refractivity contribution in [2.75, 3.05) is 6.54 Å². The molecule has 3 rings (SSSR count). The molecule has 4 N–H and O–H groups in total. The summed E-state index contributed by atoms with van der Waals surface area (Å²) in [5.41, 5.74) is 2.36. The van der Waals surface area contributed by atoms with E-state index in [1.54, 1.807) is 23.0 Å². The van der Waals surface area contributed by atoms with Crippen molar-refractivity contribution in [2.45, 2.75) is 37.2 Å². The highest BCUT2D eigenvalue weighted by Crippen LogP contribution is 2.21. The van der Waals surface area contributed by atoms with Crippen LogP contribution in [0.2, 0.25) is 0 Å². The predicted octanol–water partition coefficient (Wildman–Crippen LogP) is 2.08. The van der Waals surface area contributed by atoms with Crippen LogP contribution in [0.5, 0.6) is 0 Å². The van der Waals surface area contributed by atoms with E-state index in [2.05, 4.69) is 15.6 Å². The summed E-state index contributed by atoms with van der Waals surface area (Å²) in [7, 11) is -3.77. The molecule has 0 amide bonds. The normalized spacial score (nSPS) is 13.8. The van der Waals surface area contributed by atoms with Crippen LogP contribution < -0.4 is 10.5 Å². The number of sulfonamides is 1. The summed E-state index contributed by atoms with van der Waals surface area (Å²) in [4.78, 5) is 11.6. The van der Waals surface area contributed by atoms with Crippen LogP contribution in [0.25, 0.3) is 11.3 Å². The maximum Gasteiger partial charge on any atom is 0.320 e. The van der Waals surface area contributed by atoms with E-state index >= 15 is 0 Å². The first-order valence-electron chi connectivity index (χ1n) is 10.2. The Morgan fingerprint density at radius 2 is 1.78 bits per heavy atom. The van der Waals surface area contributed by atoms with Crippen LogP contribution in [0.15, 0.2) is 65.7 Å². The fourth-order valence-corrected chi connectivity index (χ4v) is 3.93. The number of aliphatic carboxylic acids is 1. The number of carboxylic acid groups (broad SMARTS) is 1. The third-order valence-electron chi connectivity index (χ3n) is 5.18. The van der Waals surface area contributed by atoms with Crippen molar-refractivity contribution in [3.8, 4) is 11.3 Å². The molecule has 32 heavy (non-hydrogen) atoms. The zero-order valence-electron chi connectivity index (χ0n) is 17.9. The van der Waals surface area contributed by atoms with Gasteiger partial charge in [-0.2, -0.15) is 0 Å². The SMILES string of the molecule is CC(C)C(NC[C@@H](Cc1ccccc1)n1cc(-c2ccc(S(N)(=O)=O)cc2)nn1)C(=O)O. The number of rotatable bonds is 10. The van der Waals surface area contributed by atoms with Gasteiger partial charge in [-0.05, 0) is 30.0 Å². The molecule has 0 aliphatic carbocycles. The highest BCUT2D eigenvalue weighted by atomic mass is 32.2. The van der Waals surface area contributed by atoms with Gasteiger partial charge in [0.15, 0.2) is 0 Å². The van der Waals surface area contributed by atoms with E-state index in [4.69, 9.17) is 5.14 Å². The second-order valence-corrected chi connectivity index (χ2v) is 9.53. The fourth-order valence-electron chi connectivity index (χ4n) is 3.42. The number of hydrogen-bond acceptors (Lipinski definition) is 6. The smallest absolute Gasteiger partial charge is 0.320 e. The van der Waals surface area contributed by atoms with Crippen LogP contribution in [0.1, 0.15) is 25.5 Å². The van der Waals surface area contributed by atoms with Crippen molar-refractivity contribution in [3.63, 3.8) is 0 Å². The average molecular weight is 458 g/mol. The lowest BCUT2D eigenvalue weighted by Crippen LogP contribution is -2.43. The van der Waals surface area contributed by atoms with E-state index < -0.39 is 22.0 Å². The number of primary sulfonamides is 1. The van der Waals surface area contributed by atoms with Gasteiger partial charge in [0.2, 0.25) is 10.0 Å². The van der Waals surface area contributed by atoms with Crippen LogP contribution in [-0.2, 0) is 21.2 Å². The summed E-state index contributed by atoms with van der Waals surface area (Å²) in [5.74, 6) is -0.971. The summed E-state index contributed by atoms with van der Waals surface area (Å²) in [6.07, 6.45) is 2.40. The quantitative estimate of drug-likeness (QED) is 0.423. The van der Waals surface area contributed by atoms with Crippen LogP contribution in [0, 0.1) is 5.92 Å². The Hall–Kier alpha value is -3.08. The van der Waals surface area contributed by atoms with Crippen molar-refractivity contribution in [1.29, 1.82) is 0 Å². The zero-order valence-corrected chi connectivity index (χ0v) is 18.7. The Bertz CT molecular complexity index is 1140. The molecule has 9 nitrogen and oxygen atoms in total. The molecule has 170 valence electrons. The summed E-state index contributed by atoms with van der Waals surface area (Å²) in [6, 6.07) is 15.1.